The van der Waals surface area contributed by atoms with E-state index in [0.717, 1.165) is 5.69 Å². The van der Waals surface area contributed by atoms with E-state index in [9.17, 15) is 5.11 Å². The number of hydrogen-bond donors (Lipinski definition) is 3. The van der Waals surface area contributed by atoms with Crippen LogP contribution in [-0.4, -0.2) is 37.5 Å². The summed E-state index contributed by atoms with van der Waals surface area (Å²) in [6.45, 7) is 1.16. The van der Waals surface area contributed by atoms with Crippen LogP contribution in [0.15, 0.2) is 18.2 Å². The fourth-order valence-corrected chi connectivity index (χ4v) is 1.96. The van der Waals surface area contributed by atoms with Crippen molar-refractivity contribution in [2.24, 2.45) is 5.73 Å². The van der Waals surface area contributed by atoms with Gasteiger partial charge in [-0.25, -0.2) is 0 Å². The van der Waals surface area contributed by atoms with E-state index in [1.807, 2.05) is 17.0 Å². The molecule has 2 atom stereocenters. The van der Waals surface area contributed by atoms with Gasteiger partial charge in [-0.05, 0) is 12.1 Å². The third-order valence-corrected chi connectivity index (χ3v) is 2.88. The third-order valence-electron chi connectivity index (χ3n) is 2.88. The average molecular weight is 223 g/mol. The molecule has 1 aromatic carbocycles. The van der Waals surface area contributed by atoms with E-state index in [2.05, 4.69) is 0 Å². The summed E-state index contributed by atoms with van der Waals surface area (Å²) in [6.07, 6.45) is -0.484. The van der Waals surface area contributed by atoms with Gasteiger partial charge in [-0.1, -0.05) is 0 Å². The summed E-state index contributed by atoms with van der Waals surface area (Å²) >= 11 is 0. The van der Waals surface area contributed by atoms with Crippen LogP contribution in [0.1, 0.15) is 0 Å². The average Bonchev–Trinajstić information content (AvgIpc) is 2.59. The van der Waals surface area contributed by atoms with Crippen molar-refractivity contribution in [3.8, 4) is 5.75 Å². The van der Waals surface area contributed by atoms with Crippen molar-refractivity contribution in [2.75, 3.05) is 30.8 Å². The highest BCUT2D eigenvalue weighted by Gasteiger charge is 2.29. The minimum Gasteiger partial charge on any atom is -0.495 e. The molecule has 16 heavy (non-hydrogen) atoms. The molecule has 1 aliphatic rings. The van der Waals surface area contributed by atoms with E-state index in [4.69, 9.17) is 16.2 Å². The van der Waals surface area contributed by atoms with Gasteiger partial charge in [0.15, 0.2) is 0 Å². The van der Waals surface area contributed by atoms with Gasteiger partial charge in [0.2, 0.25) is 0 Å². The fraction of sp³-hybridized carbons (Fsp3) is 0.455. The molecule has 1 saturated heterocycles. The number of methoxy groups -OCH3 is 1. The fourth-order valence-electron chi connectivity index (χ4n) is 1.96. The zero-order valence-electron chi connectivity index (χ0n) is 9.26. The van der Waals surface area contributed by atoms with E-state index in [1.165, 1.54) is 0 Å². The Morgan fingerprint density at radius 3 is 2.75 bits per heavy atom. The Kier molecular flexibility index (Phi) is 2.89. The summed E-state index contributed by atoms with van der Waals surface area (Å²) in [7, 11) is 1.60. The number of nitrogen functional groups attached to an aromatic ring is 1. The molecule has 0 radical (unpaired) electrons. The number of rotatable bonds is 2. The van der Waals surface area contributed by atoms with Gasteiger partial charge in [0.25, 0.3) is 0 Å². The SMILES string of the molecule is COc1cc(N)ccc1N1CC(N)C(O)C1. The second kappa shape index (κ2) is 4.19. The number of aliphatic hydroxyl groups is 1. The summed E-state index contributed by atoms with van der Waals surface area (Å²) in [5.41, 5.74) is 13.0. The lowest BCUT2D eigenvalue weighted by atomic mass is 10.2. The highest BCUT2D eigenvalue weighted by Crippen LogP contribution is 2.32. The lowest BCUT2D eigenvalue weighted by Crippen LogP contribution is -2.32. The molecule has 0 bridgehead atoms. The van der Waals surface area contributed by atoms with Crippen molar-refractivity contribution in [1.82, 2.24) is 0 Å². The lowest BCUT2D eigenvalue weighted by Gasteiger charge is -2.20. The van der Waals surface area contributed by atoms with Gasteiger partial charge < -0.3 is 26.2 Å². The molecular formula is C11H17N3O2. The molecule has 2 rings (SSSR count). The Labute approximate surface area is 94.6 Å². The molecule has 5 heteroatoms. The summed E-state index contributed by atoms with van der Waals surface area (Å²) in [6, 6.07) is 5.26. The Morgan fingerprint density at radius 2 is 2.19 bits per heavy atom. The Hall–Kier alpha value is -1.46. The van der Waals surface area contributed by atoms with E-state index < -0.39 is 6.10 Å². The number of hydrogen-bond acceptors (Lipinski definition) is 5. The Morgan fingerprint density at radius 1 is 1.44 bits per heavy atom. The first kappa shape index (κ1) is 11.0. The molecule has 0 amide bonds. The highest BCUT2D eigenvalue weighted by atomic mass is 16.5. The number of nitrogens with zero attached hydrogens (tertiary/aromatic N) is 1. The summed E-state index contributed by atoms with van der Waals surface area (Å²) in [5, 5.41) is 9.62. The van der Waals surface area contributed by atoms with Crippen LogP contribution in [0, 0.1) is 0 Å². The number of anilines is 2. The van der Waals surface area contributed by atoms with Crippen molar-refractivity contribution in [2.45, 2.75) is 12.1 Å². The van der Waals surface area contributed by atoms with Gasteiger partial charge in [0.05, 0.1) is 18.9 Å². The first-order chi connectivity index (χ1) is 7.61. The largest absolute Gasteiger partial charge is 0.495 e. The molecule has 5 N–H and O–H groups in total. The maximum Gasteiger partial charge on any atom is 0.144 e. The van der Waals surface area contributed by atoms with Crippen LogP contribution in [0.25, 0.3) is 0 Å². The molecule has 1 fully saturated rings. The smallest absolute Gasteiger partial charge is 0.144 e. The molecule has 0 spiro atoms. The first-order valence-electron chi connectivity index (χ1n) is 5.24. The molecule has 0 aromatic heterocycles. The van der Waals surface area contributed by atoms with Gasteiger partial charge in [-0.15, -0.1) is 0 Å². The topological polar surface area (TPSA) is 84.7 Å². The number of β-amino-alcohol motifs (C(OH)–C–C–N with tert-alkyl or cyclic N) is 1. The molecule has 5 nitrogen and oxygen atoms in total. The normalized spacial score (nSPS) is 24.8. The quantitative estimate of drug-likeness (QED) is 0.604. The van der Waals surface area contributed by atoms with Crippen molar-refractivity contribution < 1.29 is 9.84 Å². The Bertz CT molecular complexity index is 373. The van der Waals surface area contributed by atoms with Crippen LogP contribution in [0.2, 0.25) is 0 Å². The van der Waals surface area contributed by atoms with Crippen LogP contribution in [-0.2, 0) is 0 Å². The second-order valence-corrected chi connectivity index (χ2v) is 4.07. The monoisotopic (exact) mass is 223 g/mol. The van der Waals surface area contributed by atoms with Gasteiger partial charge in [-0.2, -0.15) is 0 Å². The number of ether oxygens (including phenoxy) is 1. The van der Waals surface area contributed by atoms with Crippen molar-refractivity contribution in [3.05, 3.63) is 18.2 Å². The summed E-state index contributed by atoms with van der Waals surface area (Å²) in [5.74, 6) is 0.710. The van der Waals surface area contributed by atoms with E-state index in [1.54, 1.807) is 13.2 Å². The predicted molar refractivity (Wildman–Crippen MR) is 63.6 cm³/mol. The van der Waals surface area contributed by atoms with E-state index >= 15 is 0 Å². The number of aliphatic hydroxyl groups excluding tert-OH is 1. The summed E-state index contributed by atoms with van der Waals surface area (Å²) < 4.78 is 5.26. The minimum absolute atomic E-state index is 0.206. The number of benzene rings is 1. The van der Waals surface area contributed by atoms with Crippen LogP contribution in [0.4, 0.5) is 11.4 Å². The van der Waals surface area contributed by atoms with Crippen LogP contribution < -0.4 is 21.1 Å². The van der Waals surface area contributed by atoms with Crippen LogP contribution in [0.5, 0.6) is 5.75 Å². The van der Waals surface area contributed by atoms with Crippen LogP contribution in [0.3, 0.4) is 0 Å². The minimum atomic E-state index is -0.484. The standard InChI is InChI=1S/C11H17N3O2/c1-16-11-4-7(12)2-3-9(11)14-5-8(13)10(15)6-14/h2-4,8,10,15H,5-6,12-13H2,1H3. The van der Waals surface area contributed by atoms with Crippen molar-refractivity contribution in [1.29, 1.82) is 0 Å². The van der Waals surface area contributed by atoms with E-state index in [-0.39, 0.29) is 6.04 Å². The maximum atomic E-state index is 9.62. The molecule has 0 aliphatic carbocycles. The Balaban J connectivity index is 2.27. The third kappa shape index (κ3) is 1.91. The molecule has 1 aromatic rings. The van der Waals surface area contributed by atoms with Gasteiger partial charge in [0.1, 0.15) is 5.75 Å². The number of nitrogens with two attached hydrogens (primary N) is 2. The van der Waals surface area contributed by atoms with E-state index in [0.29, 0.717) is 24.5 Å². The predicted octanol–water partition coefficient (Wildman–Crippen LogP) is -0.214. The molecule has 0 saturated carbocycles. The lowest BCUT2D eigenvalue weighted by molar-refractivity contribution is 0.180. The van der Waals surface area contributed by atoms with Gasteiger partial charge in [0, 0.05) is 30.9 Å². The molecular weight excluding hydrogens is 206 g/mol. The molecule has 1 aliphatic heterocycles. The second-order valence-electron chi connectivity index (χ2n) is 4.07. The maximum absolute atomic E-state index is 9.62. The molecule has 1 heterocycles. The summed E-state index contributed by atoms with van der Waals surface area (Å²) in [4.78, 5) is 2.01. The van der Waals surface area contributed by atoms with Gasteiger partial charge >= 0.3 is 0 Å². The molecule has 88 valence electrons. The van der Waals surface area contributed by atoms with Crippen LogP contribution >= 0.6 is 0 Å². The first-order valence-corrected chi connectivity index (χ1v) is 5.24. The zero-order chi connectivity index (χ0) is 11.7. The van der Waals surface area contributed by atoms with Crippen molar-refractivity contribution in [3.63, 3.8) is 0 Å². The van der Waals surface area contributed by atoms with Gasteiger partial charge in [-0.3, -0.25) is 0 Å². The zero-order valence-corrected chi connectivity index (χ0v) is 9.26. The van der Waals surface area contributed by atoms with Crippen molar-refractivity contribution >= 4 is 11.4 Å². The highest BCUT2D eigenvalue weighted by molar-refractivity contribution is 5.64. The molecule has 2 unspecified atom stereocenters.